The first-order valence-electron chi connectivity index (χ1n) is 5.85. The summed E-state index contributed by atoms with van der Waals surface area (Å²) in [7, 11) is 4.02. The van der Waals surface area contributed by atoms with E-state index in [0.29, 0.717) is 17.5 Å². The lowest BCUT2D eigenvalue weighted by atomic mass is 10.2. The van der Waals surface area contributed by atoms with Crippen LogP contribution in [0.2, 0.25) is 5.15 Å². The van der Waals surface area contributed by atoms with Crippen molar-refractivity contribution in [2.24, 2.45) is 0 Å². The van der Waals surface area contributed by atoms with Gasteiger partial charge in [-0.05, 0) is 17.7 Å². The maximum Gasteiger partial charge on any atom is 0.223 e. The third-order valence-electron chi connectivity index (χ3n) is 2.61. The van der Waals surface area contributed by atoms with Crippen molar-refractivity contribution in [2.45, 2.75) is 6.54 Å². The number of anilines is 3. The molecular formula is C13H16ClN5. The van der Waals surface area contributed by atoms with Crippen molar-refractivity contribution in [1.82, 2.24) is 9.97 Å². The van der Waals surface area contributed by atoms with E-state index in [9.17, 15) is 0 Å². The number of nitrogen functional groups attached to an aromatic ring is 1. The van der Waals surface area contributed by atoms with Crippen LogP contribution in [0.3, 0.4) is 0 Å². The first-order valence-corrected chi connectivity index (χ1v) is 6.22. The van der Waals surface area contributed by atoms with E-state index in [1.807, 2.05) is 26.2 Å². The van der Waals surface area contributed by atoms with Gasteiger partial charge in [0, 0.05) is 32.4 Å². The fourth-order valence-electron chi connectivity index (χ4n) is 1.66. The number of halogens is 1. The monoisotopic (exact) mass is 277 g/mol. The van der Waals surface area contributed by atoms with Crippen LogP contribution in [0.1, 0.15) is 5.56 Å². The topological polar surface area (TPSA) is 67.1 Å². The van der Waals surface area contributed by atoms with Crippen LogP contribution in [0.15, 0.2) is 30.3 Å². The number of aromatic nitrogens is 2. The highest BCUT2D eigenvalue weighted by atomic mass is 35.5. The fourth-order valence-corrected chi connectivity index (χ4v) is 1.85. The predicted molar refractivity (Wildman–Crippen MR) is 79.6 cm³/mol. The van der Waals surface area contributed by atoms with E-state index in [-0.39, 0.29) is 5.95 Å². The summed E-state index contributed by atoms with van der Waals surface area (Å²) in [6, 6.07) is 9.88. The van der Waals surface area contributed by atoms with Gasteiger partial charge in [0.2, 0.25) is 5.95 Å². The summed E-state index contributed by atoms with van der Waals surface area (Å²) in [6.07, 6.45) is 0. The average molecular weight is 278 g/mol. The van der Waals surface area contributed by atoms with Gasteiger partial charge in [0.15, 0.2) is 0 Å². The molecule has 0 unspecified atom stereocenters. The molecule has 1 heterocycles. The Morgan fingerprint density at radius 3 is 2.74 bits per heavy atom. The Labute approximate surface area is 117 Å². The third kappa shape index (κ3) is 3.72. The Morgan fingerprint density at radius 2 is 2.05 bits per heavy atom. The lowest BCUT2D eigenvalue weighted by Crippen LogP contribution is -2.09. The highest BCUT2D eigenvalue weighted by Gasteiger charge is 2.01. The molecule has 0 aliphatic heterocycles. The molecule has 6 heteroatoms. The zero-order valence-electron chi connectivity index (χ0n) is 10.9. The zero-order chi connectivity index (χ0) is 13.8. The van der Waals surface area contributed by atoms with Gasteiger partial charge in [0.05, 0.1) is 0 Å². The molecule has 0 bridgehead atoms. The molecule has 1 aromatic carbocycles. The van der Waals surface area contributed by atoms with E-state index in [4.69, 9.17) is 17.3 Å². The molecule has 0 radical (unpaired) electrons. The van der Waals surface area contributed by atoms with E-state index >= 15 is 0 Å². The molecule has 3 N–H and O–H groups in total. The molecule has 0 aliphatic rings. The van der Waals surface area contributed by atoms with Gasteiger partial charge in [0.1, 0.15) is 11.0 Å². The van der Waals surface area contributed by atoms with Crippen LogP contribution in [0.25, 0.3) is 0 Å². The van der Waals surface area contributed by atoms with Gasteiger partial charge in [-0.1, -0.05) is 23.7 Å². The van der Waals surface area contributed by atoms with Crippen LogP contribution in [-0.4, -0.2) is 24.1 Å². The van der Waals surface area contributed by atoms with Crippen molar-refractivity contribution >= 4 is 29.1 Å². The number of benzene rings is 1. The molecule has 100 valence electrons. The summed E-state index contributed by atoms with van der Waals surface area (Å²) in [6.45, 7) is 0.647. The highest BCUT2D eigenvalue weighted by molar-refractivity contribution is 6.29. The summed E-state index contributed by atoms with van der Waals surface area (Å²) in [4.78, 5) is 9.94. The molecule has 0 spiro atoms. The molecule has 2 rings (SSSR count). The molecule has 0 saturated carbocycles. The van der Waals surface area contributed by atoms with Crippen molar-refractivity contribution in [3.8, 4) is 0 Å². The highest BCUT2D eigenvalue weighted by Crippen LogP contribution is 2.16. The van der Waals surface area contributed by atoms with Crippen LogP contribution < -0.4 is 16.0 Å². The number of hydrogen-bond acceptors (Lipinski definition) is 5. The van der Waals surface area contributed by atoms with Gasteiger partial charge in [0.25, 0.3) is 0 Å². The van der Waals surface area contributed by atoms with Gasteiger partial charge in [-0.3, -0.25) is 0 Å². The van der Waals surface area contributed by atoms with Crippen LogP contribution >= 0.6 is 11.6 Å². The lowest BCUT2D eigenvalue weighted by Gasteiger charge is -2.14. The number of hydrogen-bond donors (Lipinski definition) is 2. The number of nitrogens with zero attached hydrogens (tertiary/aromatic N) is 3. The Morgan fingerprint density at radius 1 is 1.26 bits per heavy atom. The fraction of sp³-hybridized carbons (Fsp3) is 0.231. The molecule has 19 heavy (non-hydrogen) atoms. The van der Waals surface area contributed by atoms with Crippen LogP contribution in [0.4, 0.5) is 17.5 Å². The van der Waals surface area contributed by atoms with Gasteiger partial charge in [-0.25, -0.2) is 4.98 Å². The zero-order valence-corrected chi connectivity index (χ0v) is 11.6. The molecule has 0 amide bonds. The Balaban J connectivity index is 2.07. The minimum atomic E-state index is 0.164. The summed E-state index contributed by atoms with van der Waals surface area (Å²) in [5.74, 6) is 0.782. The second-order valence-electron chi connectivity index (χ2n) is 4.35. The van der Waals surface area contributed by atoms with Crippen LogP contribution in [0.5, 0.6) is 0 Å². The van der Waals surface area contributed by atoms with Crippen LogP contribution in [0, 0.1) is 0 Å². The number of nitrogens with one attached hydrogen (secondary N) is 1. The second-order valence-corrected chi connectivity index (χ2v) is 4.74. The Bertz CT molecular complexity index is 550. The standard InChI is InChI=1S/C13H16ClN5/c1-19(2)10-5-3-4-9(6-10)8-16-12-7-11(14)17-13(15)18-12/h3-7H,8H2,1-2H3,(H3,15,16,17,18). The van der Waals surface area contributed by atoms with Crippen molar-refractivity contribution in [3.05, 3.63) is 41.0 Å². The molecule has 2 aromatic rings. The minimum absolute atomic E-state index is 0.164. The molecule has 0 aliphatic carbocycles. The van der Waals surface area contributed by atoms with Crippen molar-refractivity contribution in [1.29, 1.82) is 0 Å². The molecule has 1 aromatic heterocycles. The van der Waals surface area contributed by atoms with Gasteiger partial charge in [-0.2, -0.15) is 4.98 Å². The molecule has 0 atom stereocenters. The maximum atomic E-state index is 5.82. The number of nitrogens with two attached hydrogens (primary N) is 1. The van der Waals surface area contributed by atoms with Crippen molar-refractivity contribution < 1.29 is 0 Å². The largest absolute Gasteiger partial charge is 0.378 e. The quantitative estimate of drug-likeness (QED) is 0.840. The maximum absolute atomic E-state index is 5.82. The van der Waals surface area contributed by atoms with Crippen LogP contribution in [-0.2, 0) is 6.54 Å². The summed E-state index contributed by atoms with van der Waals surface area (Å²) >= 11 is 5.82. The van der Waals surface area contributed by atoms with Gasteiger partial charge < -0.3 is 16.0 Å². The SMILES string of the molecule is CN(C)c1cccc(CNc2cc(Cl)nc(N)n2)c1. The average Bonchev–Trinajstić information content (AvgIpc) is 2.35. The number of rotatable bonds is 4. The van der Waals surface area contributed by atoms with E-state index in [1.54, 1.807) is 6.07 Å². The van der Waals surface area contributed by atoms with Gasteiger partial charge >= 0.3 is 0 Å². The summed E-state index contributed by atoms with van der Waals surface area (Å²) in [5.41, 5.74) is 7.84. The third-order valence-corrected chi connectivity index (χ3v) is 2.81. The van der Waals surface area contributed by atoms with Gasteiger partial charge in [-0.15, -0.1) is 0 Å². The minimum Gasteiger partial charge on any atom is -0.378 e. The summed E-state index contributed by atoms with van der Waals surface area (Å²) in [5, 5.41) is 3.51. The molecule has 5 nitrogen and oxygen atoms in total. The molecular weight excluding hydrogens is 262 g/mol. The lowest BCUT2D eigenvalue weighted by molar-refractivity contribution is 1.07. The normalized spacial score (nSPS) is 10.3. The second kappa shape index (κ2) is 5.75. The molecule has 0 saturated heterocycles. The first kappa shape index (κ1) is 13.4. The van der Waals surface area contributed by atoms with E-state index in [0.717, 1.165) is 11.3 Å². The van der Waals surface area contributed by atoms with E-state index in [1.165, 1.54) is 0 Å². The first-order chi connectivity index (χ1) is 9.04. The van der Waals surface area contributed by atoms with E-state index < -0.39 is 0 Å². The van der Waals surface area contributed by atoms with Crippen molar-refractivity contribution in [2.75, 3.05) is 30.0 Å². The van der Waals surface area contributed by atoms with E-state index in [2.05, 4.69) is 32.3 Å². The Kier molecular flexibility index (Phi) is 4.06. The predicted octanol–water partition coefficient (Wildman–Crippen LogP) is 2.39. The smallest absolute Gasteiger partial charge is 0.223 e. The summed E-state index contributed by atoms with van der Waals surface area (Å²) < 4.78 is 0. The van der Waals surface area contributed by atoms with Crippen molar-refractivity contribution in [3.63, 3.8) is 0 Å². The Hall–Kier alpha value is -2.01. The molecule has 0 fully saturated rings.